The van der Waals surface area contributed by atoms with E-state index in [1.165, 1.54) is 0 Å². The van der Waals surface area contributed by atoms with Crippen molar-refractivity contribution in [2.75, 3.05) is 26.2 Å². The Morgan fingerprint density at radius 3 is 2.61 bits per heavy atom. The highest BCUT2D eigenvalue weighted by Crippen LogP contribution is 2.33. The molecular formula is C25H25Cl3N2O3. The minimum atomic E-state index is -0.336. The fourth-order valence-electron chi connectivity index (χ4n) is 3.92. The molecule has 33 heavy (non-hydrogen) atoms. The number of aromatic hydroxyl groups is 1. The van der Waals surface area contributed by atoms with Gasteiger partial charge >= 0.3 is 0 Å². The van der Waals surface area contributed by atoms with Gasteiger partial charge in [0.15, 0.2) is 0 Å². The molecular weight excluding hydrogens is 483 g/mol. The van der Waals surface area contributed by atoms with E-state index in [0.717, 1.165) is 17.7 Å². The number of hydrogen-bond donors (Lipinski definition) is 3. The van der Waals surface area contributed by atoms with Gasteiger partial charge in [-0.05, 0) is 29.3 Å². The van der Waals surface area contributed by atoms with Crippen LogP contribution in [0.3, 0.4) is 0 Å². The first-order valence-electron chi connectivity index (χ1n) is 10.5. The second kappa shape index (κ2) is 11.7. The van der Waals surface area contributed by atoms with Crippen LogP contribution in [0.25, 0.3) is 11.1 Å². The molecule has 1 amide bonds. The van der Waals surface area contributed by atoms with E-state index < -0.39 is 0 Å². The Morgan fingerprint density at radius 2 is 1.85 bits per heavy atom. The summed E-state index contributed by atoms with van der Waals surface area (Å²) in [6, 6.07) is 20.1. The summed E-state index contributed by atoms with van der Waals surface area (Å²) in [6.45, 7) is 2.31. The molecule has 0 saturated carbocycles. The van der Waals surface area contributed by atoms with Gasteiger partial charge in [-0.2, -0.15) is 0 Å². The average Bonchev–Trinajstić information content (AvgIpc) is 3.05. The molecule has 3 aromatic rings. The van der Waals surface area contributed by atoms with Crippen molar-refractivity contribution in [3.63, 3.8) is 0 Å². The normalized spacial score (nSPS) is 18.1. The molecule has 3 aromatic carbocycles. The van der Waals surface area contributed by atoms with Crippen molar-refractivity contribution in [1.29, 1.82) is 0 Å². The van der Waals surface area contributed by atoms with Gasteiger partial charge in [-0.25, -0.2) is 0 Å². The lowest BCUT2D eigenvalue weighted by atomic mass is 9.95. The van der Waals surface area contributed by atoms with Gasteiger partial charge in [-0.3, -0.25) is 4.79 Å². The summed E-state index contributed by atoms with van der Waals surface area (Å²) in [5.41, 5.74) is 2.61. The summed E-state index contributed by atoms with van der Waals surface area (Å²) in [5, 5.41) is 18.0. The molecule has 1 fully saturated rings. The zero-order chi connectivity index (χ0) is 22.5. The minimum absolute atomic E-state index is 0. The second-order valence-corrected chi connectivity index (χ2v) is 8.52. The van der Waals surface area contributed by atoms with Crippen LogP contribution in [0.2, 0.25) is 10.0 Å². The summed E-state index contributed by atoms with van der Waals surface area (Å²) in [4.78, 5) is 12.9. The first kappa shape index (κ1) is 25.3. The van der Waals surface area contributed by atoms with Crippen LogP contribution in [0.5, 0.6) is 5.75 Å². The first-order chi connectivity index (χ1) is 15.5. The Balaban J connectivity index is 0.00000306. The highest BCUT2D eigenvalue weighted by Gasteiger charge is 2.27. The number of ether oxygens (including phenoxy) is 1. The van der Waals surface area contributed by atoms with Crippen LogP contribution in [0.15, 0.2) is 66.7 Å². The topological polar surface area (TPSA) is 70.6 Å². The van der Waals surface area contributed by atoms with Crippen molar-refractivity contribution >= 4 is 41.5 Å². The molecule has 1 aliphatic heterocycles. The van der Waals surface area contributed by atoms with E-state index in [1.54, 1.807) is 24.3 Å². The maximum atomic E-state index is 12.9. The van der Waals surface area contributed by atoms with Crippen molar-refractivity contribution in [3.05, 3.63) is 87.9 Å². The number of carbonyl (C=O) groups excluding carboxylic acids is 1. The number of para-hydroxylation sites is 1. The number of carbonyl (C=O) groups is 1. The highest BCUT2D eigenvalue weighted by molar-refractivity contribution is 6.42. The van der Waals surface area contributed by atoms with Gasteiger partial charge < -0.3 is 20.5 Å². The summed E-state index contributed by atoms with van der Waals surface area (Å²) in [5.74, 6) is -0.400. The van der Waals surface area contributed by atoms with E-state index in [4.69, 9.17) is 27.9 Å². The summed E-state index contributed by atoms with van der Waals surface area (Å²) in [7, 11) is 0. The second-order valence-electron chi connectivity index (χ2n) is 7.71. The number of halogens is 3. The summed E-state index contributed by atoms with van der Waals surface area (Å²) >= 11 is 12.3. The molecule has 2 atom stereocenters. The summed E-state index contributed by atoms with van der Waals surface area (Å²) in [6.07, 6.45) is -0.246. The van der Waals surface area contributed by atoms with Gasteiger partial charge in [0.25, 0.3) is 5.91 Å². The average molecular weight is 508 g/mol. The van der Waals surface area contributed by atoms with Crippen LogP contribution in [0.1, 0.15) is 22.0 Å². The third-order valence-electron chi connectivity index (χ3n) is 5.57. The molecule has 1 heterocycles. The molecule has 1 aliphatic rings. The van der Waals surface area contributed by atoms with Crippen LogP contribution in [-0.2, 0) is 4.74 Å². The van der Waals surface area contributed by atoms with E-state index in [9.17, 15) is 9.90 Å². The van der Waals surface area contributed by atoms with Crippen molar-refractivity contribution in [1.82, 2.24) is 10.6 Å². The van der Waals surface area contributed by atoms with Gasteiger partial charge in [-0.15, -0.1) is 12.4 Å². The van der Waals surface area contributed by atoms with Crippen LogP contribution < -0.4 is 10.6 Å². The van der Waals surface area contributed by atoms with E-state index in [0.29, 0.717) is 35.3 Å². The monoisotopic (exact) mass is 506 g/mol. The van der Waals surface area contributed by atoms with Crippen molar-refractivity contribution in [2.24, 2.45) is 5.92 Å². The molecule has 0 aliphatic carbocycles. The van der Waals surface area contributed by atoms with E-state index >= 15 is 0 Å². The number of nitrogens with one attached hydrogen (secondary N) is 2. The van der Waals surface area contributed by atoms with Crippen molar-refractivity contribution < 1.29 is 14.6 Å². The fraction of sp³-hybridized carbons (Fsp3) is 0.240. The van der Waals surface area contributed by atoms with Crippen LogP contribution >= 0.6 is 35.6 Å². The molecule has 0 spiro atoms. The Hall–Kier alpha value is -2.28. The summed E-state index contributed by atoms with van der Waals surface area (Å²) < 4.78 is 6.07. The number of rotatable bonds is 5. The Bertz CT molecular complexity index is 1100. The van der Waals surface area contributed by atoms with Crippen molar-refractivity contribution in [3.8, 4) is 16.9 Å². The maximum absolute atomic E-state index is 12.9. The number of amides is 1. The molecule has 3 N–H and O–H groups in total. The Kier molecular flexibility index (Phi) is 9.01. The predicted octanol–water partition coefficient (Wildman–Crippen LogP) is 5.49. The standard InChI is InChI=1S/C25H24Cl2N2O3.ClH/c26-21-10-9-17(13-22(21)27)24-18(14-28-11-12-32-24)15-29-25(31)20-8-4-7-19(23(20)30)16-5-2-1-3-6-16;/h1-10,13,18,24,28,30H,11-12,14-15H2,(H,29,31);1H/t18-,24-;/m0./s1. The van der Waals surface area contributed by atoms with Crippen LogP contribution in [0.4, 0.5) is 0 Å². The maximum Gasteiger partial charge on any atom is 0.255 e. The smallest absolute Gasteiger partial charge is 0.255 e. The largest absolute Gasteiger partial charge is 0.506 e. The molecule has 0 bridgehead atoms. The van der Waals surface area contributed by atoms with E-state index in [1.807, 2.05) is 42.5 Å². The molecule has 0 unspecified atom stereocenters. The zero-order valence-electron chi connectivity index (χ0n) is 17.8. The fourth-order valence-corrected chi connectivity index (χ4v) is 4.23. The van der Waals surface area contributed by atoms with Gasteiger partial charge in [0.2, 0.25) is 0 Å². The molecule has 5 nitrogen and oxygen atoms in total. The number of phenolic OH excluding ortho intramolecular Hbond substituents is 1. The van der Waals surface area contributed by atoms with Crippen LogP contribution in [0, 0.1) is 5.92 Å². The number of benzene rings is 3. The molecule has 174 valence electrons. The quantitative estimate of drug-likeness (QED) is 0.427. The molecule has 0 aromatic heterocycles. The predicted molar refractivity (Wildman–Crippen MR) is 135 cm³/mol. The third-order valence-corrected chi connectivity index (χ3v) is 6.31. The van der Waals surface area contributed by atoms with Crippen LogP contribution in [-0.4, -0.2) is 37.3 Å². The van der Waals surface area contributed by atoms with Gasteiger partial charge in [0.05, 0.1) is 28.3 Å². The van der Waals surface area contributed by atoms with Gasteiger partial charge in [0.1, 0.15) is 5.75 Å². The Labute approximate surface area is 209 Å². The first-order valence-corrected chi connectivity index (χ1v) is 11.2. The van der Waals surface area contributed by atoms with Gasteiger partial charge in [0, 0.05) is 31.1 Å². The number of phenols is 1. The zero-order valence-corrected chi connectivity index (χ0v) is 20.1. The van der Waals surface area contributed by atoms with E-state index in [2.05, 4.69) is 10.6 Å². The minimum Gasteiger partial charge on any atom is -0.506 e. The lowest BCUT2D eigenvalue weighted by molar-refractivity contribution is 0.0306. The van der Waals surface area contributed by atoms with Gasteiger partial charge in [-0.1, -0.05) is 71.7 Å². The molecule has 0 radical (unpaired) electrons. The lowest BCUT2D eigenvalue weighted by Gasteiger charge is -2.26. The lowest BCUT2D eigenvalue weighted by Crippen LogP contribution is -2.36. The third kappa shape index (κ3) is 5.99. The Morgan fingerprint density at radius 1 is 1.06 bits per heavy atom. The molecule has 4 rings (SSSR count). The van der Waals surface area contributed by atoms with Crippen molar-refractivity contribution in [2.45, 2.75) is 6.10 Å². The highest BCUT2D eigenvalue weighted by atomic mass is 35.5. The molecule has 1 saturated heterocycles. The SMILES string of the molecule is Cl.O=C(NC[C@@H]1CNCCO[C@H]1c1ccc(Cl)c(Cl)c1)c1cccc(-c2ccccc2)c1O. The molecule has 8 heteroatoms. The van der Waals surface area contributed by atoms with E-state index in [-0.39, 0.29) is 41.6 Å². The number of hydrogen-bond acceptors (Lipinski definition) is 4.